The SMILES string of the molecule is CC(C)c1nnc(N2CCC(c3ccc(F)cc3)C(NC(=O)C(F)(F)F)C2)s1. The lowest BCUT2D eigenvalue weighted by Crippen LogP contribution is -2.54. The quantitative estimate of drug-likeness (QED) is 0.770. The Balaban J connectivity index is 1.83. The van der Waals surface area contributed by atoms with Gasteiger partial charge in [-0.05, 0) is 24.1 Å². The van der Waals surface area contributed by atoms with Gasteiger partial charge >= 0.3 is 12.1 Å². The third kappa shape index (κ3) is 4.60. The highest BCUT2D eigenvalue weighted by Crippen LogP contribution is 2.34. The van der Waals surface area contributed by atoms with E-state index in [1.807, 2.05) is 18.7 Å². The number of benzene rings is 1. The highest BCUT2D eigenvalue weighted by atomic mass is 32.1. The Bertz CT molecular complexity index is 822. The summed E-state index contributed by atoms with van der Waals surface area (Å²) in [6.07, 6.45) is -4.48. The summed E-state index contributed by atoms with van der Waals surface area (Å²) < 4.78 is 51.6. The van der Waals surface area contributed by atoms with Crippen LogP contribution in [0.1, 0.15) is 42.7 Å². The van der Waals surface area contributed by atoms with E-state index in [1.165, 1.54) is 23.5 Å². The molecule has 0 saturated carbocycles. The average molecular weight is 416 g/mol. The van der Waals surface area contributed by atoms with E-state index in [1.54, 1.807) is 12.1 Å². The highest BCUT2D eigenvalue weighted by molar-refractivity contribution is 7.15. The molecule has 10 heteroatoms. The van der Waals surface area contributed by atoms with Crippen molar-refractivity contribution in [3.8, 4) is 0 Å². The average Bonchev–Trinajstić information content (AvgIpc) is 3.12. The Hall–Kier alpha value is -2.23. The summed E-state index contributed by atoms with van der Waals surface area (Å²) in [5, 5.41) is 11.8. The molecule has 2 unspecified atom stereocenters. The lowest BCUT2D eigenvalue weighted by atomic mass is 9.85. The number of halogens is 4. The first kappa shape index (κ1) is 20.5. The molecule has 28 heavy (non-hydrogen) atoms. The maximum absolute atomic E-state index is 13.2. The van der Waals surface area contributed by atoms with E-state index in [0.29, 0.717) is 23.7 Å². The van der Waals surface area contributed by atoms with Crippen molar-refractivity contribution in [3.63, 3.8) is 0 Å². The van der Waals surface area contributed by atoms with Crippen LogP contribution in [0.3, 0.4) is 0 Å². The lowest BCUT2D eigenvalue weighted by molar-refractivity contribution is -0.174. The molecule has 2 atom stereocenters. The monoisotopic (exact) mass is 416 g/mol. The molecule has 1 aliphatic rings. The van der Waals surface area contributed by atoms with Crippen molar-refractivity contribution in [3.05, 3.63) is 40.7 Å². The predicted octanol–water partition coefficient (Wildman–Crippen LogP) is 3.84. The molecular weight excluding hydrogens is 396 g/mol. The lowest BCUT2D eigenvalue weighted by Gasteiger charge is -2.39. The van der Waals surface area contributed by atoms with E-state index in [-0.39, 0.29) is 18.4 Å². The zero-order valence-electron chi connectivity index (χ0n) is 15.3. The third-order valence-electron chi connectivity index (χ3n) is 4.68. The topological polar surface area (TPSA) is 58.1 Å². The summed E-state index contributed by atoms with van der Waals surface area (Å²) in [5.41, 5.74) is 0.689. The van der Waals surface area contributed by atoms with Crippen molar-refractivity contribution in [2.24, 2.45) is 0 Å². The van der Waals surface area contributed by atoms with Crippen molar-refractivity contribution in [2.45, 2.75) is 44.3 Å². The Morgan fingerprint density at radius 1 is 1.25 bits per heavy atom. The van der Waals surface area contributed by atoms with Gasteiger partial charge in [-0.1, -0.05) is 37.3 Å². The van der Waals surface area contributed by atoms with E-state index < -0.39 is 23.9 Å². The first-order chi connectivity index (χ1) is 13.1. The van der Waals surface area contributed by atoms with Crippen molar-refractivity contribution < 1.29 is 22.4 Å². The molecule has 3 rings (SSSR count). The molecule has 1 fully saturated rings. The number of alkyl halides is 3. The predicted molar refractivity (Wildman–Crippen MR) is 98.0 cm³/mol. The van der Waals surface area contributed by atoms with Gasteiger partial charge in [0, 0.05) is 24.9 Å². The van der Waals surface area contributed by atoms with Gasteiger partial charge in [-0.25, -0.2) is 4.39 Å². The van der Waals surface area contributed by atoms with Crippen LogP contribution >= 0.6 is 11.3 Å². The fourth-order valence-corrected chi connectivity index (χ4v) is 4.10. The molecule has 1 saturated heterocycles. The Kier molecular flexibility index (Phi) is 5.87. The summed E-state index contributed by atoms with van der Waals surface area (Å²) in [6.45, 7) is 4.68. The second-order valence-electron chi connectivity index (χ2n) is 7.05. The number of hydrogen-bond donors (Lipinski definition) is 1. The number of hydrogen-bond acceptors (Lipinski definition) is 5. The summed E-state index contributed by atoms with van der Waals surface area (Å²) in [6, 6.07) is 4.84. The third-order valence-corrected chi connectivity index (χ3v) is 5.96. The number of nitrogens with one attached hydrogen (secondary N) is 1. The number of carbonyl (C=O) groups excluding carboxylic acids is 1. The highest BCUT2D eigenvalue weighted by Gasteiger charge is 2.42. The maximum atomic E-state index is 13.2. The van der Waals surface area contributed by atoms with Crippen LogP contribution in [0.4, 0.5) is 22.7 Å². The van der Waals surface area contributed by atoms with Crippen molar-refractivity contribution in [2.75, 3.05) is 18.0 Å². The van der Waals surface area contributed by atoms with E-state index in [2.05, 4.69) is 15.5 Å². The second-order valence-corrected chi connectivity index (χ2v) is 8.04. The van der Waals surface area contributed by atoms with Crippen molar-refractivity contribution in [1.29, 1.82) is 0 Å². The van der Waals surface area contributed by atoms with Crippen LogP contribution in [-0.4, -0.2) is 41.4 Å². The Morgan fingerprint density at radius 3 is 2.50 bits per heavy atom. The number of anilines is 1. The molecule has 2 aromatic rings. The number of aromatic nitrogens is 2. The number of amides is 1. The minimum absolute atomic E-state index is 0.163. The molecule has 1 aromatic heterocycles. The van der Waals surface area contributed by atoms with Gasteiger partial charge in [0.05, 0.1) is 6.04 Å². The van der Waals surface area contributed by atoms with Gasteiger partial charge in [0.15, 0.2) is 0 Å². The summed E-state index contributed by atoms with van der Waals surface area (Å²) in [4.78, 5) is 13.4. The minimum atomic E-state index is -4.97. The molecule has 0 aliphatic carbocycles. The standard InChI is InChI=1S/C18H20F4N4OS/c1-10(2)15-24-25-17(28-15)26-8-7-13(11-3-5-12(19)6-4-11)14(9-26)23-16(27)18(20,21)22/h3-6,10,13-14H,7-9H2,1-2H3,(H,23,27). The van der Waals surface area contributed by atoms with Crippen LogP contribution in [0.15, 0.2) is 24.3 Å². The summed E-state index contributed by atoms with van der Waals surface area (Å²) >= 11 is 1.39. The number of nitrogens with zero attached hydrogens (tertiary/aromatic N) is 3. The first-order valence-electron chi connectivity index (χ1n) is 8.86. The van der Waals surface area contributed by atoms with Crippen molar-refractivity contribution >= 4 is 22.4 Å². The molecular formula is C18H20F4N4OS. The molecule has 1 amide bonds. The second kappa shape index (κ2) is 8.02. The number of rotatable bonds is 4. The van der Waals surface area contributed by atoms with Crippen LogP contribution in [0.25, 0.3) is 0 Å². The van der Waals surface area contributed by atoms with E-state index >= 15 is 0 Å². The maximum Gasteiger partial charge on any atom is 0.471 e. The summed E-state index contributed by atoms with van der Waals surface area (Å²) in [5.74, 6) is -2.57. The molecule has 1 aromatic carbocycles. The molecule has 1 aliphatic heterocycles. The zero-order valence-corrected chi connectivity index (χ0v) is 16.1. The van der Waals surface area contributed by atoms with E-state index in [9.17, 15) is 22.4 Å². The Morgan fingerprint density at radius 2 is 1.93 bits per heavy atom. The molecule has 5 nitrogen and oxygen atoms in total. The molecule has 0 spiro atoms. The Labute approximate surface area is 163 Å². The first-order valence-corrected chi connectivity index (χ1v) is 9.68. The molecule has 0 radical (unpaired) electrons. The molecule has 0 bridgehead atoms. The molecule has 2 heterocycles. The van der Waals surface area contributed by atoms with Gasteiger partial charge in [0.25, 0.3) is 0 Å². The minimum Gasteiger partial charge on any atom is -0.345 e. The van der Waals surface area contributed by atoms with Gasteiger partial charge in [0.2, 0.25) is 5.13 Å². The van der Waals surface area contributed by atoms with Gasteiger partial charge in [0.1, 0.15) is 10.8 Å². The van der Waals surface area contributed by atoms with Crippen LogP contribution in [0.2, 0.25) is 0 Å². The van der Waals surface area contributed by atoms with Gasteiger partial charge in [-0.2, -0.15) is 13.2 Å². The van der Waals surface area contributed by atoms with Gasteiger partial charge in [-0.3, -0.25) is 4.79 Å². The smallest absolute Gasteiger partial charge is 0.345 e. The van der Waals surface area contributed by atoms with Gasteiger partial charge < -0.3 is 10.2 Å². The van der Waals surface area contributed by atoms with Crippen LogP contribution in [0, 0.1) is 5.82 Å². The van der Waals surface area contributed by atoms with E-state index in [4.69, 9.17) is 0 Å². The van der Waals surface area contributed by atoms with Crippen LogP contribution in [-0.2, 0) is 4.79 Å². The molecule has 152 valence electrons. The van der Waals surface area contributed by atoms with E-state index in [0.717, 1.165) is 5.01 Å². The van der Waals surface area contributed by atoms with Crippen LogP contribution in [0.5, 0.6) is 0 Å². The number of piperidine rings is 1. The zero-order chi connectivity index (χ0) is 20.5. The number of carbonyl (C=O) groups is 1. The fraction of sp³-hybridized carbons (Fsp3) is 0.500. The fourth-order valence-electron chi connectivity index (χ4n) is 3.22. The normalized spacial score (nSPS) is 20.5. The van der Waals surface area contributed by atoms with Gasteiger partial charge in [-0.15, -0.1) is 10.2 Å². The molecule has 1 N–H and O–H groups in total. The largest absolute Gasteiger partial charge is 0.471 e. The van der Waals surface area contributed by atoms with Crippen LogP contribution < -0.4 is 10.2 Å². The summed E-state index contributed by atoms with van der Waals surface area (Å²) in [7, 11) is 0. The van der Waals surface area contributed by atoms with Crippen molar-refractivity contribution in [1.82, 2.24) is 15.5 Å².